The SMILES string of the molecule is CC(C)(C)OC(=O)N1CCN(CCNC(=O)c2cnn(-c3ccc(Cl)cc3)c2)CC1. The first-order valence-corrected chi connectivity index (χ1v) is 10.4. The summed E-state index contributed by atoms with van der Waals surface area (Å²) in [5.74, 6) is -0.164. The number of nitrogens with zero attached hydrogens (tertiary/aromatic N) is 4. The zero-order chi connectivity index (χ0) is 21.7. The number of ether oxygens (including phenoxy) is 1. The predicted octanol–water partition coefficient (Wildman–Crippen LogP) is 2.81. The van der Waals surface area contributed by atoms with Gasteiger partial charge in [0.2, 0.25) is 0 Å². The summed E-state index contributed by atoms with van der Waals surface area (Å²) in [5, 5.41) is 7.81. The number of benzene rings is 1. The average Bonchev–Trinajstić information content (AvgIpc) is 3.18. The number of rotatable bonds is 5. The lowest BCUT2D eigenvalue weighted by atomic mass is 10.2. The molecule has 1 aromatic carbocycles. The normalized spacial score (nSPS) is 15.1. The molecule has 9 heteroatoms. The van der Waals surface area contributed by atoms with Crippen molar-refractivity contribution >= 4 is 23.6 Å². The molecule has 30 heavy (non-hydrogen) atoms. The Morgan fingerprint density at radius 3 is 2.43 bits per heavy atom. The highest BCUT2D eigenvalue weighted by Crippen LogP contribution is 2.14. The van der Waals surface area contributed by atoms with Crippen molar-refractivity contribution in [2.24, 2.45) is 0 Å². The van der Waals surface area contributed by atoms with Gasteiger partial charge >= 0.3 is 6.09 Å². The topological polar surface area (TPSA) is 79.7 Å². The second kappa shape index (κ2) is 9.49. The first-order valence-electron chi connectivity index (χ1n) is 10.0. The van der Waals surface area contributed by atoms with Crippen LogP contribution in [-0.4, -0.2) is 76.5 Å². The molecule has 1 aromatic heterocycles. The van der Waals surface area contributed by atoms with Crippen LogP contribution in [0, 0.1) is 0 Å². The summed E-state index contributed by atoms with van der Waals surface area (Å²) in [6.07, 6.45) is 2.97. The lowest BCUT2D eigenvalue weighted by Crippen LogP contribution is -2.51. The molecular weight excluding hydrogens is 406 g/mol. The highest BCUT2D eigenvalue weighted by atomic mass is 35.5. The number of nitrogens with one attached hydrogen (secondary N) is 1. The van der Waals surface area contributed by atoms with Crippen molar-refractivity contribution < 1.29 is 14.3 Å². The third-order valence-electron chi connectivity index (χ3n) is 4.67. The summed E-state index contributed by atoms with van der Waals surface area (Å²) in [4.78, 5) is 28.4. The zero-order valence-electron chi connectivity index (χ0n) is 17.6. The van der Waals surface area contributed by atoms with Gasteiger partial charge in [-0.1, -0.05) is 11.6 Å². The summed E-state index contributed by atoms with van der Waals surface area (Å²) in [6.45, 7) is 9.59. The molecule has 0 atom stereocenters. The molecule has 0 spiro atoms. The minimum Gasteiger partial charge on any atom is -0.444 e. The molecule has 1 aliphatic rings. The van der Waals surface area contributed by atoms with E-state index < -0.39 is 5.60 Å². The van der Waals surface area contributed by atoms with Crippen LogP contribution in [0.5, 0.6) is 0 Å². The smallest absolute Gasteiger partial charge is 0.410 e. The number of aromatic nitrogens is 2. The molecular formula is C21H28ClN5O3. The Bertz CT molecular complexity index is 868. The Kier molecular flexibility index (Phi) is 6.99. The molecule has 0 saturated carbocycles. The van der Waals surface area contributed by atoms with Crippen LogP contribution >= 0.6 is 11.6 Å². The van der Waals surface area contributed by atoms with Gasteiger partial charge in [0.1, 0.15) is 5.60 Å². The zero-order valence-corrected chi connectivity index (χ0v) is 18.4. The second-order valence-corrected chi connectivity index (χ2v) is 8.65. The molecule has 8 nitrogen and oxygen atoms in total. The number of hydrogen-bond acceptors (Lipinski definition) is 5. The van der Waals surface area contributed by atoms with Gasteiger partial charge in [-0.15, -0.1) is 0 Å². The summed E-state index contributed by atoms with van der Waals surface area (Å²) in [5.41, 5.74) is 0.848. The number of hydrogen-bond donors (Lipinski definition) is 1. The van der Waals surface area contributed by atoms with Crippen LogP contribution in [0.25, 0.3) is 5.69 Å². The van der Waals surface area contributed by atoms with Gasteiger partial charge in [0.25, 0.3) is 5.91 Å². The van der Waals surface area contributed by atoms with Gasteiger partial charge in [-0.25, -0.2) is 9.48 Å². The molecule has 162 valence electrons. The molecule has 2 aromatic rings. The van der Waals surface area contributed by atoms with E-state index in [1.54, 1.807) is 34.1 Å². The predicted molar refractivity (Wildman–Crippen MR) is 115 cm³/mol. The standard InChI is InChI=1S/C21H28ClN5O3/c1-21(2,3)30-20(29)26-12-10-25(11-13-26)9-8-23-19(28)16-14-24-27(15-16)18-6-4-17(22)5-7-18/h4-7,14-15H,8-13H2,1-3H3,(H,23,28). The van der Waals surface area contributed by atoms with Crippen molar-refractivity contribution in [3.8, 4) is 5.69 Å². The van der Waals surface area contributed by atoms with Crippen molar-refractivity contribution in [2.75, 3.05) is 39.3 Å². The number of halogens is 1. The highest BCUT2D eigenvalue weighted by Gasteiger charge is 2.25. The van der Waals surface area contributed by atoms with E-state index in [4.69, 9.17) is 16.3 Å². The van der Waals surface area contributed by atoms with E-state index in [-0.39, 0.29) is 12.0 Å². The van der Waals surface area contributed by atoms with E-state index >= 15 is 0 Å². The number of piperazine rings is 1. The fourth-order valence-electron chi connectivity index (χ4n) is 3.09. The van der Waals surface area contributed by atoms with Gasteiger partial charge in [-0.2, -0.15) is 5.10 Å². The summed E-state index contributed by atoms with van der Waals surface area (Å²) < 4.78 is 7.05. The molecule has 2 heterocycles. The first-order chi connectivity index (χ1) is 14.2. The minimum absolute atomic E-state index is 0.164. The van der Waals surface area contributed by atoms with Crippen LogP contribution in [0.1, 0.15) is 31.1 Å². The molecule has 0 bridgehead atoms. The molecule has 1 aliphatic heterocycles. The van der Waals surface area contributed by atoms with Gasteiger partial charge in [-0.3, -0.25) is 9.69 Å². The maximum Gasteiger partial charge on any atom is 0.410 e. The van der Waals surface area contributed by atoms with Gasteiger partial charge < -0.3 is 15.0 Å². The number of amides is 2. The van der Waals surface area contributed by atoms with Crippen LogP contribution < -0.4 is 5.32 Å². The van der Waals surface area contributed by atoms with Crippen LogP contribution in [-0.2, 0) is 4.74 Å². The first kappa shape index (κ1) is 22.1. The van der Waals surface area contributed by atoms with Crippen molar-refractivity contribution in [1.29, 1.82) is 0 Å². The number of carbonyl (C=O) groups excluding carboxylic acids is 2. The summed E-state index contributed by atoms with van der Waals surface area (Å²) in [7, 11) is 0. The molecule has 2 amide bonds. The molecule has 3 rings (SSSR count). The Morgan fingerprint density at radius 1 is 1.13 bits per heavy atom. The second-order valence-electron chi connectivity index (χ2n) is 8.21. The minimum atomic E-state index is -0.486. The van der Waals surface area contributed by atoms with Gasteiger partial charge in [-0.05, 0) is 45.0 Å². The molecule has 1 N–H and O–H groups in total. The lowest BCUT2D eigenvalue weighted by Gasteiger charge is -2.35. The molecule has 0 radical (unpaired) electrons. The molecule has 1 fully saturated rings. The van der Waals surface area contributed by atoms with E-state index in [0.717, 1.165) is 25.3 Å². The summed E-state index contributed by atoms with van der Waals surface area (Å²) >= 11 is 5.90. The Hall–Kier alpha value is -2.58. The number of carbonyl (C=O) groups is 2. The maximum absolute atomic E-state index is 12.4. The molecule has 0 aliphatic carbocycles. The van der Waals surface area contributed by atoms with Gasteiger partial charge in [0.05, 0.1) is 17.4 Å². The van der Waals surface area contributed by atoms with Crippen molar-refractivity contribution in [1.82, 2.24) is 24.9 Å². The van der Waals surface area contributed by atoms with Crippen LogP contribution in [0.15, 0.2) is 36.7 Å². The van der Waals surface area contributed by atoms with Crippen molar-refractivity contribution in [3.63, 3.8) is 0 Å². The van der Waals surface area contributed by atoms with Gasteiger partial charge in [0.15, 0.2) is 0 Å². The lowest BCUT2D eigenvalue weighted by molar-refractivity contribution is 0.0147. The van der Waals surface area contributed by atoms with Crippen molar-refractivity contribution in [2.45, 2.75) is 26.4 Å². The summed E-state index contributed by atoms with van der Waals surface area (Å²) in [6, 6.07) is 7.24. The van der Waals surface area contributed by atoms with E-state index in [1.165, 1.54) is 0 Å². The highest BCUT2D eigenvalue weighted by molar-refractivity contribution is 6.30. The maximum atomic E-state index is 12.4. The van der Waals surface area contributed by atoms with E-state index in [1.807, 2.05) is 32.9 Å². The fraction of sp³-hybridized carbons (Fsp3) is 0.476. The van der Waals surface area contributed by atoms with Crippen LogP contribution in [0.2, 0.25) is 5.02 Å². The van der Waals surface area contributed by atoms with E-state index in [2.05, 4.69) is 15.3 Å². The Labute approximate surface area is 181 Å². The average molecular weight is 434 g/mol. The largest absolute Gasteiger partial charge is 0.444 e. The van der Waals surface area contributed by atoms with E-state index in [0.29, 0.717) is 30.2 Å². The van der Waals surface area contributed by atoms with Gasteiger partial charge in [0, 0.05) is 50.5 Å². The Morgan fingerprint density at radius 2 is 1.80 bits per heavy atom. The fourth-order valence-corrected chi connectivity index (χ4v) is 3.21. The Balaban J connectivity index is 1.40. The monoisotopic (exact) mass is 433 g/mol. The molecule has 0 unspecified atom stereocenters. The quantitative estimate of drug-likeness (QED) is 0.784. The van der Waals surface area contributed by atoms with Crippen LogP contribution in [0.3, 0.4) is 0 Å². The third kappa shape index (κ3) is 6.21. The van der Waals surface area contributed by atoms with E-state index in [9.17, 15) is 9.59 Å². The molecule has 1 saturated heterocycles. The third-order valence-corrected chi connectivity index (χ3v) is 4.93. The van der Waals surface area contributed by atoms with Crippen LogP contribution in [0.4, 0.5) is 4.79 Å². The van der Waals surface area contributed by atoms with Crippen molar-refractivity contribution in [3.05, 3.63) is 47.2 Å².